The van der Waals surface area contributed by atoms with E-state index in [-0.39, 0.29) is 0 Å². The number of hydrogen-bond acceptors (Lipinski definition) is 1. The van der Waals surface area contributed by atoms with E-state index in [1.165, 1.54) is 30.2 Å². The minimum atomic E-state index is 0.389. The van der Waals surface area contributed by atoms with E-state index < -0.39 is 0 Å². The Kier molecular flexibility index (Phi) is 2.10. The van der Waals surface area contributed by atoms with E-state index in [1.807, 2.05) is 0 Å². The molecule has 3 unspecified atom stereocenters. The summed E-state index contributed by atoms with van der Waals surface area (Å²) in [6.45, 7) is 4.83. The average Bonchev–Trinajstić information content (AvgIpc) is 2.90. The topological polar surface area (TPSA) is 13.1 Å². The van der Waals surface area contributed by atoms with Gasteiger partial charge >= 0.3 is 0 Å². The van der Waals surface area contributed by atoms with Crippen LogP contribution in [0.4, 0.5) is 0 Å². The van der Waals surface area contributed by atoms with Crippen molar-refractivity contribution in [1.82, 2.24) is 0 Å². The molecule has 2 aromatic rings. The van der Waals surface area contributed by atoms with Gasteiger partial charge in [-0.3, -0.25) is 0 Å². The van der Waals surface area contributed by atoms with Crippen molar-refractivity contribution in [2.75, 3.05) is 0 Å². The molecule has 0 aliphatic heterocycles. The van der Waals surface area contributed by atoms with Crippen LogP contribution in [0.5, 0.6) is 0 Å². The third kappa shape index (κ3) is 1.27. The quantitative estimate of drug-likeness (QED) is 0.637. The van der Waals surface area contributed by atoms with Crippen molar-refractivity contribution in [3.63, 3.8) is 0 Å². The van der Waals surface area contributed by atoms with Gasteiger partial charge in [-0.2, -0.15) is 0 Å². The molecule has 0 radical (unpaired) electrons. The summed E-state index contributed by atoms with van der Waals surface area (Å²) in [5, 5.41) is 1.23. The van der Waals surface area contributed by atoms with Crippen molar-refractivity contribution in [2.24, 2.45) is 5.92 Å². The first-order valence-corrected chi connectivity index (χ1v) is 7.59. The zero-order chi connectivity index (χ0) is 12.5. The van der Waals surface area contributed by atoms with Gasteiger partial charge in [0.1, 0.15) is 11.8 Å². The zero-order valence-corrected chi connectivity index (χ0v) is 12.4. The van der Waals surface area contributed by atoms with E-state index in [0.717, 1.165) is 16.0 Å². The van der Waals surface area contributed by atoms with E-state index in [4.69, 9.17) is 4.42 Å². The Morgan fingerprint density at radius 2 is 2.22 bits per heavy atom. The number of rotatable bonds is 0. The Bertz CT molecular complexity index is 642. The maximum atomic E-state index is 5.65. The summed E-state index contributed by atoms with van der Waals surface area (Å²) in [6.07, 6.45) is 5.88. The minimum absolute atomic E-state index is 0.389. The van der Waals surface area contributed by atoms with Crippen molar-refractivity contribution in [2.45, 2.75) is 44.4 Å². The minimum Gasteiger partial charge on any atom is -0.463 e. The van der Waals surface area contributed by atoms with Crippen LogP contribution in [0.15, 0.2) is 27.3 Å². The molecule has 0 amide bonds. The molecule has 2 aliphatic rings. The molecule has 2 bridgehead atoms. The van der Waals surface area contributed by atoms with E-state index in [2.05, 4.69) is 41.9 Å². The number of furan rings is 1. The summed E-state index contributed by atoms with van der Waals surface area (Å²) in [5.41, 5.74) is 4.51. The first-order chi connectivity index (χ1) is 8.58. The second-order valence-electron chi connectivity index (χ2n) is 6.37. The molecule has 18 heavy (non-hydrogen) atoms. The summed E-state index contributed by atoms with van der Waals surface area (Å²) >= 11 is 3.58. The molecular weight excluding hydrogens is 288 g/mol. The van der Waals surface area contributed by atoms with Crippen LogP contribution in [0.1, 0.15) is 50.2 Å². The summed E-state index contributed by atoms with van der Waals surface area (Å²) in [6, 6.07) is 4.66. The number of fused-ring (bicyclic) bond motifs is 5. The van der Waals surface area contributed by atoms with Gasteiger partial charge in [0.05, 0.1) is 4.47 Å². The van der Waals surface area contributed by atoms with E-state index in [9.17, 15) is 0 Å². The monoisotopic (exact) mass is 304 g/mol. The summed E-state index contributed by atoms with van der Waals surface area (Å²) in [4.78, 5) is 0. The Labute approximate surface area is 116 Å². The molecule has 2 aliphatic carbocycles. The molecule has 4 rings (SSSR count). The summed E-state index contributed by atoms with van der Waals surface area (Å²) < 4.78 is 6.73. The normalized spacial score (nSPS) is 33.9. The fraction of sp³-hybridized carbons (Fsp3) is 0.500. The first kappa shape index (κ1) is 11.1. The Morgan fingerprint density at radius 3 is 3.06 bits per heavy atom. The van der Waals surface area contributed by atoms with Gasteiger partial charge in [-0.1, -0.05) is 13.8 Å². The molecule has 94 valence electrons. The molecule has 1 fully saturated rings. The highest BCUT2D eigenvalue weighted by atomic mass is 79.9. The maximum Gasteiger partial charge on any atom is 0.135 e. The Morgan fingerprint density at radius 1 is 1.39 bits per heavy atom. The summed E-state index contributed by atoms with van der Waals surface area (Å²) in [7, 11) is 0. The molecule has 1 heterocycles. The van der Waals surface area contributed by atoms with Crippen LogP contribution in [-0.4, -0.2) is 0 Å². The number of halogens is 1. The van der Waals surface area contributed by atoms with Crippen LogP contribution in [0, 0.1) is 5.92 Å². The zero-order valence-electron chi connectivity index (χ0n) is 10.8. The standard InChI is InChI=1S/C16H17BrO/c1-9-10-3-4-16(2,7-10)13-6-15-12(5-11(9)13)14(17)8-18-15/h5-6,8-10H,3-4,7H2,1-2H3. The van der Waals surface area contributed by atoms with E-state index in [1.54, 1.807) is 11.8 Å². The van der Waals surface area contributed by atoms with Crippen molar-refractivity contribution >= 4 is 26.9 Å². The second-order valence-corrected chi connectivity index (χ2v) is 7.23. The molecule has 3 atom stereocenters. The van der Waals surface area contributed by atoms with Gasteiger partial charge < -0.3 is 4.42 Å². The maximum absolute atomic E-state index is 5.65. The SMILES string of the molecule is CC1c2cc3c(Br)coc3cc2C2(C)CCC1C2. The van der Waals surface area contributed by atoms with Crippen molar-refractivity contribution in [3.05, 3.63) is 34.0 Å². The molecule has 1 saturated carbocycles. The molecule has 1 aromatic carbocycles. The highest BCUT2D eigenvalue weighted by molar-refractivity contribution is 9.10. The molecule has 2 heteroatoms. The molecule has 0 saturated heterocycles. The molecular formula is C16H17BrO. The fourth-order valence-electron chi connectivity index (χ4n) is 4.17. The molecule has 1 aromatic heterocycles. The van der Waals surface area contributed by atoms with Crippen molar-refractivity contribution < 1.29 is 4.42 Å². The Balaban J connectivity index is 2.05. The predicted octanol–water partition coefficient (Wildman–Crippen LogP) is 5.37. The lowest BCUT2D eigenvalue weighted by Gasteiger charge is -2.36. The third-order valence-corrected chi connectivity index (χ3v) is 5.94. The van der Waals surface area contributed by atoms with Crippen LogP contribution in [0.25, 0.3) is 11.0 Å². The molecule has 0 spiro atoms. The van der Waals surface area contributed by atoms with Crippen LogP contribution < -0.4 is 0 Å². The van der Waals surface area contributed by atoms with Crippen LogP contribution >= 0.6 is 15.9 Å². The smallest absolute Gasteiger partial charge is 0.135 e. The second kappa shape index (κ2) is 3.41. The van der Waals surface area contributed by atoms with Gasteiger partial charge in [0.2, 0.25) is 0 Å². The lowest BCUT2D eigenvalue weighted by Crippen LogP contribution is -2.26. The van der Waals surface area contributed by atoms with Crippen molar-refractivity contribution in [1.29, 1.82) is 0 Å². The average molecular weight is 305 g/mol. The van der Waals surface area contributed by atoms with Gasteiger partial charge in [0.15, 0.2) is 0 Å². The van der Waals surface area contributed by atoms with Crippen LogP contribution in [-0.2, 0) is 5.41 Å². The molecule has 0 N–H and O–H groups in total. The lowest BCUT2D eigenvalue weighted by atomic mass is 9.68. The highest BCUT2D eigenvalue weighted by Gasteiger charge is 2.45. The predicted molar refractivity (Wildman–Crippen MR) is 77.0 cm³/mol. The largest absolute Gasteiger partial charge is 0.463 e. The third-order valence-electron chi connectivity index (χ3n) is 5.33. The van der Waals surface area contributed by atoms with Gasteiger partial charge in [-0.15, -0.1) is 0 Å². The number of benzene rings is 1. The van der Waals surface area contributed by atoms with Gasteiger partial charge in [-0.25, -0.2) is 0 Å². The lowest BCUT2D eigenvalue weighted by molar-refractivity contribution is 0.375. The van der Waals surface area contributed by atoms with Crippen LogP contribution in [0.3, 0.4) is 0 Å². The summed E-state index contributed by atoms with van der Waals surface area (Å²) in [5.74, 6) is 1.58. The Hall–Kier alpha value is -0.760. The van der Waals surface area contributed by atoms with Crippen LogP contribution in [0.2, 0.25) is 0 Å². The van der Waals surface area contributed by atoms with E-state index in [0.29, 0.717) is 11.3 Å². The van der Waals surface area contributed by atoms with Crippen molar-refractivity contribution in [3.8, 4) is 0 Å². The number of hydrogen-bond donors (Lipinski definition) is 0. The molecule has 1 nitrogen and oxygen atoms in total. The highest BCUT2D eigenvalue weighted by Crippen LogP contribution is 2.56. The fourth-order valence-corrected chi connectivity index (χ4v) is 4.57. The van der Waals surface area contributed by atoms with Gasteiger partial charge in [0, 0.05) is 5.39 Å². The first-order valence-electron chi connectivity index (χ1n) is 6.80. The van der Waals surface area contributed by atoms with Gasteiger partial charge in [0.25, 0.3) is 0 Å². The van der Waals surface area contributed by atoms with Gasteiger partial charge in [-0.05, 0) is 75.7 Å². The van der Waals surface area contributed by atoms with E-state index >= 15 is 0 Å².